The number of amides is 1. The minimum atomic E-state index is -0.215. The van der Waals surface area contributed by atoms with Crippen LogP contribution in [0.1, 0.15) is 13.8 Å². The third kappa shape index (κ3) is 5.98. The van der Waals surface area contributed by atoms with Crippen LogP contribution in [0.5, 0.6) is 11.5 Å². The average Bonchev–Trinajstić information content (AvgIpc) is 3.18. The summed E-state index contributed by atoms with van der Waals surface area (Å²) < 4.78 is 17.7. The summed E-state index contributed by atoms with van der Waals surface area (Å²) in [7, 11) is 0. The summed E-state index contributed by atoms with van der Waals surface area (Å²) in [5.41, 5.74) is 1.37. The summed E-state index contributed by atoms with van der Waals surface area (Å²) in [6.07, 6.45) is 0. The third-order valence-corrected chi connectivity index (χ3v) is 5.01. The van der Waals surface area contributed by atoms with E-state index in [4.69, 9.17) is 13.9 Å². The molecule has 7 nitrogen and oxygen atoms in total. The molecule has 3 rings (SSSR count). The molecular weight excluding hydrogens is 458 g/mol. The summed E-state index contributed by atoms with van der Waals surface area (Å²) in [4.78, 5) is 12.4. The maximum Gasteiger partial charge on any atom is 0.277 e. The van der Waals surface area contributed by atoms with Crippen LogP contribution >= 0.6 is 27.7 Å². The maximum absolute atomic E-state index is 12.4. The average molecular weight is 478 g/mol. The van der Waals surface area contributed by atoms with Crippen molar-refractivity contribution in [2.45, 2.75) is 19.1 Å². The first kappa shape index (κ1) is 21.2. The van der Waals surface area contributed by atoms with E-state index >= 15 is 0 Å². The van der Waals surface area contributed by atoms with Crippen molar-refractivity contribution >= 4 is 39.3 Å². The van der Waals surface area contributed by atoms with Gasteiger partial charge in [0.1, 0.15) is 11.5 Å². The maximum atomic E-state index is 12.4. The molecule has 0 spiro atoms. The second kappa shape index (κ2) is 10.3. The molecule has 0 aliphatic heterocycles. The van der Waals surface area contributed by atoms with Crippen molar-refractivity contribution in [3.63, 3.8) is 0 Å². The van der Waals surface area contributed by atoms with Gasteiger partial charge in [0, 0.05) is 16.1 Å². The van der Waals surface area contributed by atoms with Gasteiger partial charge in [-0.3, -0.25) is 4.79 Å². The van der Waals surface area contributed by atoms with Crippen LogP contribution in [0, 0.1) is 0 Å². The number of benzene rings is 2. The van der Waals surface area contributed by atoms with E-state index in [1.165, 1.54) is 11.8 Å². The number of ether oxygens (including phenoxy) is 2. The predicted octanol–water partition coefficient (Wildman–Crippen LogP) is 5.03. The van der Waals surface area contributed by atoms with E-state index in [2.05, 4.69) is 31.4 Å². The third-order valence-electron chi connectivity index (χ3n) is 3.66. The Hall–Kier alpha value is -2.52. The highest BCUT2D eigenvalue weighted by molar-refractivity contribution is 9.10. The molecule has 1 heterocycles. The standard InChI is InChI=1S/C20H20BrN3O4S/c1-3-26-15-9-10-17(27-4-2)16(11-15)22-18(25)12-29-20-24-23-19(28-20)13-5-7-14(21)8-6-13/h5-11H,3-4,12H2,1-2H3,(H,22,25). The molecule has 0 fully saturated rings. The summed E-state index contributed by atoms with van der Waals surface area (Å²) in [6.45, 7) is 4.82. The number of carbonyl (C=O) groups is 1. The molecule has 0 unspecified atom stereocenters. The number of anilines is 1. The lowest BCUT2D eigenvalue weighted by atomic mass is 10.2. The van der Waals surface area contributed by atoms with Gasteiger partial charge in [0.15, 0.2) is 0 Å². The number of carbonyl (C=O) groups excluding carboxylic acids is 1. The van der Waals surface area contributed by atoms with Gasteiger partial charge in [-0.2, -0.15) is 0 Å². The molecule has 0 saturated carbocycles. The monoisotopic (exact) mass is 477 g/mol. The Morgan fingerprint density at radius 1 is 1.10 bits per heavy atom. The smallest absolute Gasteiger partial charge is 0.277 e. The molecule has 0 aliphatic rings. The van der Waals surface area contributed by atoms with Crippen LogP contribution in [0.15, 0.2) is 56.6 Å². The van der Waals surface area contributed by atoms with Crippen molar-refractivity contribution in [1.29, 1.82) is 0 Å². The molecule has 1 aromatic heterocycles. The molecule has 29 heavy (non-hydrogen) atoms. The normalized spacial score (nSPS) is 10.6. The molecule has 9 heteroatoms. The lowest BCUT2D eigenvalue weighted by Crippen LogP contribution is -2.15. The van der Waals surface area contributed by atoms with Crippen molar-refractivity contribution in [2.24, 2.45) is 0 Å². The largest absolute Gasteiger partial charge is 0.494 e. The second-order valence-electron chi connectivity index (χ2n) is 5.74. The summed E-state index contributed by atoms with van der Waals surface area (Å²) in [6, 6.07) is 12.9. The van der Waals surface area contributed by atoms with Crippen LogP contribution in [0.2, 0.25) is 0 Å². The highest BCUT2D eigenvalue weighted by Gasteiger charge is 2.14. The van der Waals surface area contributed by atoms with Gasteiger partial charge < -0.3 is 19.2 Å². The molecular formula is C20H20BrN3O4S. The van der Waals surface area contributed by atoms with Crippen LogP contribution in [0.3, 0.4) is 0 Å². The second-order valence-corrected chi connectivity index (χ2v) is 7.58. The van der Waals surface area contributed by atoms with E-state index in [1.807, 2.05) is 38.1 Å². The number of aromatic nitrogens is 2. The first-order valence-corrected chi connectivity index (χ1v) is 10.8. The number of hydrogen-bond donors (Lipinski definition) is 1. The van der Waals surface area contributed by atoms with Gasteiger partial charge in [-0.1, -0.05) is 27.7 Å². The number of rotatable bonds is 9. The number of nitrogens with one attached hydrogen (secondary N) is 1. The van der Waals surface area contributed by atoms with Crippen molar-refractivity contribution in [3.05, 3.63) is 46.9 Å². The first-order chi connectivity index (χ1) is 14.1. The van der Waals surface area contributed by atoms with E-state index in [1.54, 1.807) is 18.2 Å². The quantitative estimate of drug-likeness (QED) is 0.432. The Bertz CT molecular complexity index is 963. The van der Waals surface area contributed by atoms with Crippen molar-refractivity contribution in [1.82, 2.24) is 10.2 Å². The Morgan fingerprint density at radius 3 is 2.59 bits per heavy atom. The van der Waals surface area contributed by atoms with Gasteiger partial charge in [-0.25, -0.2) is 0 Å². The molecule has 152 valence electrons. The zero-order valence-electron chi connectivity index (χ0n) is 16.0. The molecule has 0 atom stereocenters. The van der Waals surface area contributed by atoms with Crippen LogP contribution in [-0.4, -0.2) is 35.1 Å². The fraction of sp³-hybridized carbons (Fsp3) is 0.250. The fourth-order valence-electron chi connectivity index (χ4n) is 2.44. The number of halogens is 1. The molecule has 1 N–H and O–H groups in total. The van der Waals surface area contributed by atoms with Gasteiger partial charge in [0.05, 0.1) is 24.7 Å². The van der Waals surface area contributed by atoms with E-state index < -0.39 is 0 Å². The Balaban J connectivity index is 1.61. The van der Waals surface area contributed by atoms with E-state index in [0.717, 1.165) is 10.0 Å². The lowest BCUT2D eigenvalue weighted by Gasteiger charge is -2.13. The highest BCUT2D eigenvalue weighted by Crippen LogP contribution is 2.30. The van der Waals surface area contributed by atoms with E-state index in [9.17, 15) is 4.79 Å². The lowest BCUT2D eigenvalue weighted by molar-refractivity contribution is -0.113. The van der Waals surface area contributed by atoms with Crippen LogP contribution < -0.4 is 14.8 Å². The molecule has 0 saturated heterocycles. The number of thioether (sulfide) groups is 1. The van der Waals surface area contributed by atoms with E-state index in [-0.39, 0.29) is 11.7 Å². The number of nitrogens with zero attached hydrogens (tertiary/aromatic N) is 2. The number of hydrogen-bond acceptors (Lipinski definition) is 7. The SMILES string of the molecule is CCOc1ccc(OCC)c(NC(=O)CSc2nnc(-c3ccc(Br)cc3)o2)c1. The topological polar surface area (TPSA) is 86.5 Å². The van der Waals surface area contributed by atoms with Crippen molar-refractivity contribution in [3.8, 4) is 23.0 Å². The molecule has 0 radical (unpaired) electrons. The Kier molecular flexibility index (Phi) is 7.54. The zero-order valence-corrected chi connectivity index (χ0v) is 18.4. The molecule has 0 aliphatic carbocycles. The summed E-state index contributed by atoms with van der Waals surface area (Å²) >= 11 is 4.55. The van der Waals surface area contributed by atoms with Crippen molar-refractivity contribution in [2.75, 3.05) is 24.3 Å². The minimum absolute atomic E-state index is 0.117. The van der Waals surface area contributed by atoms with Crippen LogP contribution in [0.4, 0.5) is 5.69 Å². The minimum Gasteiger partial charge on any atom is -0.494 e. The van der Waals surface area contributed by atoms with Gasteiger partial charge in [0.25, 0.3) is 5.22 Å². The van der Waals surface area contributed by atoms with Gasteiger partial charge in [-0.05, 0) is 50.2 Å². The Labute approximate surface area is 181 Å². The van der Waals surface area contributed by atoms with Crippen molar-refractivity contribution < 1.29 is 18.7 Å². The Morgan fingerprint density at radius 2 is 1.86 bits per heavy atom. The molecule has 0 bridgehead atoms. The molecule has 3 aromatic rings. The predicted molar refractivity (Wildman–Crippen MR) is 116 cm³/mol. The van der Waals surface area contributed by atoms with Gasteiger partial charge in [-0.15, -0.1) is 10.2 Å². The van der Waals surface area contributed by atoms with Crippen LogP contribution in [0.25, 0.3) is 11.5 Å². The van der Waals surface area contributed by atoms with Gasteiger partial charge in [0.2, 0.25) is 11.8 Å². The van der Waals surface area contributed by atoms with Gasteiger partial charge >= 0.3 is 0 Å². The highest BCUT2D eigenvalue weighted by atomic mass is 79.9. The van der Waals surface area contributed by atoms with E-state index in [0.29, 0.717) is 41.5 Å². The summed E-state index contributed by atoms with van der Waals surface area (Å²) in [5.74, 6) is 1.56. The zero-order chi connectivity index (χ0) is 20.6. The first-order valence-electron chi connectivity index (χ1n) is 9.00. The molecule has 2 aromatic carbocycles. The van der Waals surface area contributed by atoms with Crippen LogP contribution in [-0.2, 0) is 4.79 Å². The molecule has 1 amide bonds. The summed E-state index contributed by atoms with van der Waals surface area (Å²) in [5, 5.41) is 11.2. The fourth-order valence-corrected chi connectivity index (χ4v) is 3.26.